The average molecular weight is 157 g/mol. The van der Waals surface area contributed by atoms with E-state index >= 15 is 0 Å². The van der Waals surface area contributed by atoms with Crippen LogP contribution < -0.4 is 5.64 Å². The number of hydrogen-bond acceptors (Lipinski definition) is 5. The lowest BCUT2D eigenvalue weighted by molar-refractivity contribution is -0.178. The maximum absolute atomic E-state index is 8.15. The fourth-order valence-corrected chi connectivity index (χ4v) is 0.216. The number of rotatable bonds is 6. The van der Waals surface area contributed by atoms with E-state index in [9.17, 15) is 0 Å². The lowest BCUT2D eigenvalue weighted by atomic mass is 10.8. The number of halogens is 1. The predicted octanol–water partition coefficient (Wildman–Crippen LogP) is -1.42. The first-order valence-corrected chi connectivity index (χ1v) is 2.62. The van der Waals surface area contributed by atoms with Gasteiger partial charge in [0.2, 0.25) is 0 Å². The Kier molecular flexibility index (Phi) is 14.3. The molecule has 64 valence electrons. The van der Waals surface area contributed by atoms with Crippen molar-refractivity contribution >= 4 is 0 Å². The number of aliphatic hydroxyl groups excluding tert-OH is 2. The molecule has 0 aliphatic heterocycles. The lowest BCUT2D eigenvalue weighted by Crippen LogP contribution is -2.19. The van der Waals surface area contributed by atoms with Gasteiger partial charge in [0.1, 0.15) is 0 Å². The molecule has 0 rings (SSSR count). The van der Waals surface area contributed by atoms with E-state index in [2.05, 4.69) is 15.3 Å². The van der Waals surface area contributed by atoms with Crippen molar-refractivity contribution in [3.8, 4) is 0 Å². The molecular weight excluding hydrogens is 145 g/mol. The lowest BCUT2D eigenvalue weighted by Gasteiger charge is -2.01. The van der Waals surface area contributed by atoms with Crippen molar-refractivity contribution in [3.63, 3.8) is 0 Å². The average Bonchev–Trinajstić information content (AvgIpc) is 1.89. The molecule has 0 amide bonds. The Bertz CT molecular complexity index is 50.5. The van der Waals surface area contributed by atoms with Gasteiger partial charge in [-0.15, -0.1) is 0 Å². The summed E-state index contributed by atoms with van der Waals surface area (Å²) in [6, 6.07) is 0. The largest absolute Gasteiger partial charge is 0.394 e. The van der Waals surface area contributed by atoms with Crippen LogP contribution in [0.4, 0.5) is 4.70 Å². The van der Waals surface area contributed by atoms with Crippen molar-refractivity contribution in [2.24, 2.45) is 0 Å². The van der Waals surface area contributed by atoms with Gasteiger partial charge in [-0.2, -0.15) is 0 Å². The summed E-state index contributed by atoms with van der Waals surface area (Å²) in [6.45, 7) is 0.224. The molecule has 0 aliphatic carbocycles. The first-order chi connectivity index (χ1) is 4.41. The SMILES string of the molecule is F.OCCONOCCO. The first kappa shape index (κ1) is 12.4. The minimum absolute atomic E-state index is 0. The molecular formula is C4H12FNO4. The Labute approximate surface area is 57.8 Å². The molecule has 0 fully saturated rings. The van der Waals surface area contributed by atoms with Crippen LogP contribution in [0.5, 0.6) is 0 Å². The third-order valence-electron chi connectivity index (χ3n) is 0.505. The van der Waals surface area contributed by atoms with Gasteiger partial charge in [0, 0.05) is 0 Å². The monoisotopic (exact) mass is 157 g/mol. The number of hydrogen-bond donors (Lipinski definition) is 3. The van der Waals surface area contributed by atoms with E-state index in [4.69, 9.17) is 10.2 Å². The van der Waals surface area contributed by atoms with Crippen LogP contribution in [0.25, 0.3) is 0 Å². The molecule has 0 atom stereocenters. The van der Waals surface area contributed by atoms with Crippen LogP contribution >= 0.6 is 0 Å². The highest BCUT2D eigenvalue weighted by molar-refractivity contribution is 4.16. The molecule has 0 aromatic carbocycles. The summed E-state index contributed by atoms with van der Waals surface area (Å²) in [5.41, 5.74) is 2.07. The van der Waals surface area contributed by atoms with Crippen LogP contribution in [0.2, 0.25) is 0 Å². The fraction of sp³-hybridized carbons (Fsp3) is 1.00. The topological polar surface area (TPSA) is 71.0 Å². The summed E-state index contributed by atoms with van der Waals surface area (Å²) in [5.74, 6) is 0. The van der Waals surface area contributed by atoms with Crippen molar-refractivity contribution < 1.29 is 24.6 Å². The van der Waals surface area contributed by atoms with Crippen LogP contribution in [0.15, 0.2) is 0 Å². The Balaban J connectivity index is 0. The van der Waals surface area contributed by atoms with E-state index < -0.39 is 0 Å². The maximum atomic E-state index is 8.15. The van der Waals surface area contributed by atoms with Gasteiger partial charge < -0.3 is 10.2 Å². The minimum atomic E-state index is -0.0600. The van der Waals surface area contributed by atoms with E-state index in [0.29, 0.717) is 0 Å². The van der Waals surface area contributed by atoms with E-state index in [1.54, 1.807) is 0 Å². The molecule has 3 N–H and O–H groups in total. The molecule has 6 heteroatoms. The molecule has 0 spiro atoms. The molecule has 0 radical (unpaired) electrons. The van der Waals surface area contributed by atoms with E-state index in [0.717, 1.165) is 0 Å². The molecule has 0 aromatic rings. The van der Waals surface area contributed by atoms with Gasteiger partial charge >= 0.3 is 0 Å². The van der Waals surface area contributed by atoms with Crippen LogP contribution in [0.1, 0.15) is 0 Å². The molecule has 0 saturated carbocycles. The standard InChI is InChI=1S/C4H11NO4.FH/c6-1-3-8-5-9-4-2-7;/h5-7H,1-4H2;1H. The highest BCUT2D eigenvalue weighted by Gasteiger charge is 1.83. The highest BCUT2D eigenvalue weighted by Crippen LogP contribution is 1.67. The van der Waals surface area contributed by atoms with Gasteiger partial charge in [-0.25, -0.2) is 0 Å². The molecule has 0 heterocycles. The molecule has 0 saturated heterocycles. The van der Waals surface area contributed by atoms with Crippen molar-refractivity contribution in [2.75, 3.05) is 26.4 Å². The zero-order valence-corrected chi connectivity index (χ0v) is 5.45. The molecule has 5 nitrogen and oxygen atoms in total. The predicted molar refractivity (Wildman–Crippen MR) is 31.7 cm³/mol. The second-order valence-electron chi connectivity index (χ2n) is 1.23. The smallest absolute Gasteiger partial charge is 0.0940 e. The summed E-state index contributed by atoms with van der Waals surface area (Å²) in [5, 5.41) is 16.3. The van der Waals surface area contributed by atoms with E-state index in [1.807, 2.05) is 0 Å². The number of nitrogens with one attached hydrogen (secondary N) is 1. The van der Waals surface area contributed by atoms with Gasteiger partial charge in [0.15, 0.2) is 0 Å². The maximum Gasteiger partial charge on any atom is 0.0940 e. The van der Waals surface area contributed by atoms with Crippen molar-refractivity contribution in [3.05, 3.63) is 0 Å². The second kappa shape index (κ2) is 11.5. The van der Waals surface area contributed by atoms with Crippen LogP contribution in [-0.4, -0.2) is 36.6 Å². The third kappa shape index (κ3) is 10.7. The Morgan fingerprint density at radius 3 is 1.70 bits per heavy atom. The molecule has 0 aromatic heterocycles. The summed E-state index contributed by atoms with van der Waals surface area (Å²) >= 11 is 0. The van der Waals surface area contributed by atoms with Crippen molar-refractivity contribution in [2.45, 2.75) is 0 Å². The normalized spacial score (nSPS) is 9.00. The Hall–Kier alpha value is -0.270. The van der Waals surface area contributed by atoms with E-state index in [1.165, 1.54) is 0 Å². The molecule has 0 aliphatic rings. The number of aliphatic hydroxyl groups is 2. The minimum Gasteiger partial charge on any atom is -0.394 e. The van der Waals surface area contributed by atoms with Gasteiger partial charge in [-0.05, 0) is 0 Å². The van der Waals surface area contributed by atoms with Gasteiger partial charge in [-0.1, -0.05) is 5.64 Å². The van der Waals surface area contributed by atoms with E-state index in [-0.39, 0.29) is 31.1 Å². The van der Waals surface area contributed by atoms with Gasteiger partial charge in [0.25, 0.3) is 0 Å². The fourth-order valence-electron chi connectivity index (χ4n) is 0.216. The highest BCUT2D eigenvalue weighted by atomic mass is 19.0. The molecule has 0 bridgehead atoms. The summed E-state index contributed by atoms with van der Waals surface area (Å²) in [7, 11) is 0. The Morgan fingerprint density at radius 2 is 1.40 bits per heavy atom. The van der Waals surface area contributed by atoms with Gasteiger partial charge in [0.05, 0.1) is 26.4 Å². The zero-order valence-electron chi connectivity index (χ0n) is 5.45. The second-order valence-corrected chi connectivity index (χ2v) is 1.23. The van der Waals surface area contributed by atoms with Gasteiger partial charge in [-0.3, -0.25) is 14.4 Å². The summed E-state index contributed by atoms with van der Waals surface area (Å²) < 4.78 is 0. The Morgan fingerprint density at radius 1 is 1.00 bits per heavy atom. The molecule has 0 unspecified atom stereocenters. The summed E-state index contributed by atoms with van der Waals surface area (Å²) in [6.07, 6.45) is 0. The zero-order chi connectivity index (χ0) is 6.95. The van der Waals surface area contributed by atoms with Crippen molar-refractivity contribution in [1.82, 2.24) is 5.64 Å². The summed E-state index contributed by atoms with van der Waals surface area (Å²) in [4.78, 5) is 8.90. The van der Waals surface area contributed by atoms with Crippen LogP contribution in [-0.2, 0) is 9.68 Å². The quantitative estimate of drug-likeness (QED) is 0.326. The van der Waals surface area contributed by atoms with Crippen LogP contribution in [0, 0.1) is 0 Å². The van der Waals surface area contributed by atoms with Crippen molar-refractivity contribution in [1.29, 1.82) is 0 Å². The molecule has 10 heavy (non-hydrogen) atoms. The third-order valence-corrected chi connectivity index (χ3v) is 0.505. The first-order valence-electron chi connectivity index (χ1n) is 2.62. The van der Waals surface area contributed by atoms with Crippen LogP contribution in [0.3, 0.4) is 0 Å².